The normalized spacial score (nSPS) is 23.1. The van der Waals surface area contributed by atoms with E-state index in [1.807, 2.05) is 0 Å². The predicted octanol–water partition coefficient (Wildman–Crippen LogP) is 0.671. The largest absolute Gasteiger partial charge is 0.493 e. The molecule has 2 aliphatic rings. The third-order valence-electron chi connectivity index (χ3n) is 4.03. The van der Waals surface area contributed by atoms with E-state index in [-0.39, 0.29) is 13.0 Å². The van der Waals surface area contributed by atoms with Crippen LogP contribution in [0.3, 0.4) is 0 Å². The number of rotatable bonds is 3. The van der Waals surface area contributed by atoms with E-state index in [1.54, 1.807) is 30.3 Å². The molecule has 8 nitrogen and oxygen atoms in total. The van der Waals surface area contributed by atoms with Crippen LogP contribution in [0.15, 0.2) is 24.3 Å². The van der Waals surface area contributed by atoms with Crippen LogP contribution < -0.4 is 10.1 Å². The number of para-hydroxylation sites is 1. The fourth-order valence-electron chi connectivity index (χ4n) is 2.91. The lowest BCUT2D eigenvalue weighted by atomic mass is 9.84. The molecule has 0 aliphatic carbocycles. The molecular formula is C16H15N3O5. The van der Waals surface area contributed by atoms with E-state index in [9.17, 15) is 14.4 Å². The summed E-state index contributed by atoms with van der Waals surface area (Å²) in [6.45, 7) is 1.13. The molecule has 1 fully saturated rings. The number of hydrogen-bond donors (Lipinski definition) is 1. The Kier molecular flexibility index (Phi) is 3.85. The Bertz CT molecular complexity index is 756. The monoisotopic (exact) mass is 329 g/mol. The summed E-state index contributed by atoms with van der Waals surface area (Å²) in [6.07, 6.45) is -0.676. The van der Waals surface area contributed by atoms with Gasteiger partial charge in [-0.1, -0.05) is 18.2 Å². The maximum Gasteiger partial charge on any atom is 0.327 e. The van der Waals surface area contributed by atoms with Gasteiger partial charge in [0.15, 0.2) is 11.6 Å². The van der Waals surface area contributed by atoms with Crippen LogP contribution in [-0.2, 0) is 19.9 Å². The first-order chi connectivity index (χ1) is 11.5. The summed E-state index contributed by atoms with van der Waals surface area (Å²) in [5.74, 6) is -0.810. The molecule has 2 atom stereocenters. The Morgan fingerprint density at radius 2 is 2.25 bits per heavy atom. The number of fused-ring (bicyclic) bond motifs is 2. The van der Waals surface area contributed by atoms with Gasteiger partial charge in [0.2, 0.25) is 0 Å². The van der Waals surface area contributed by atoms with Crippen molar-refractivity contribution in [3.8, 4) is 11.8 Å². The summed E-state index contributed by atoms with van der Waals surface area (Å²) in [4.78, 5) is 37.7. The van der Waals surface area contributed by atoms with E-state index >= 15 is 0 Å². The van der Waals surface area contributed by atoms with Gasteiger partial charge in [-0.3, -0.25) is 14.5 Å². The average Bonchev–Trinajstić information content (AvgIpc) is 2.80. The molecule has 0 bridgehead atoms. The first-order valence-electron chi connectivity index (χ1n) is 7.43. The summed E-state index contributed by atoms with van der Waals surface area (Å²) in [6, 6.07) is 8.04. The van der Waals surface area contributed by atoms with Crippen LogP contribution >= 0.6 is 0 Å². The highest BCUT2D eigenvalue weighted by Gasteiger charge is 2.55. The molecule has 1 aromatic rings. The van der Waals surface area contributed by atoms with E-state index in [4.69, 9.17) is 14.7 Å². The number of amides is 3. The number of nitrogens with one attached hydrogen (secondary N) is 1. The Hall–Kier alpha value is -3.08. The number of benzene rings is 1. The summed E-state index contributed by atoms with van der Waals surface area (Å²) in [7, 11) is 0. The predicted molar refractivity (Wildman–Crippen MR) is 79.6 cm³/mol. The minimum Gasteiger partial charge on any atom is -0.493 e. The topological polar surface area (TPSA) is 109 Å². The standard InChI is InChI=1S/C16H15N3O5/c1-10(8-17)24-13(20)9-19-14(21)16(18-15(19)22)6-7-23-12-5-3-2-4-11(12)16/h2-5,10H,6-7,9H2,1H3,(H,18,22)/t10-,16+/m0/s1. The highest BCUT2D eigenvalue weighted by atomic mass is 16.5. The summed E-state index contributed by atoms with van der Waals surface area (Å²) in [5, 5.41) is 11.3. The number of nitrogens with zero attached hydrogens (tertiary/aromatic N) is 2. The van der Waals surface area contributed by atoms with Crippen molar-refractivity contribution in [3.63, 3.8) is 0 Å². The van der Waals surface area contributed by atoms with Crippen LogP contribution in [0.2, 0.25) is 0 Å². The van der Waals surface area contributed by atoms with Gasteiger partial charge in [0.05, 0.1) is 6.61 Å². The minimum absolute atomic E-state index is 0.271. The van der Waals surface area contributed by atoms with E-state index in [1.165, 1.54) is 6.92 Å². The SMILES string of the molecule is C[C@@H](C#N)OC(=O)CN1C(=O)N[C@@]2(CCOc3ccccc32)C1=O. The number of esters is 1. The van der Waals surface area contributed by atoms with E-state index < -0.39 is 36.1 Å². The molecule has 1 N–H and O–H groups in total. The number of hydrogen-bond acceptors (Lipinski definition) is 6. The van der Waals surface area contributed by atoms with Crippen LogP contribution in [0.5, 0.6) is 5.75 Å². The molecule has 1 aromatic carbocycles. The second-order valence-electron chi connectivity index (χ2n) is 5.58. The van der Waals surface area contributed by atoms with Crippen LogP contribution in [-0.4, -0.2) is 42.1 Å². The van der Waals surface area contributed by atoms with Gasteiger partial charge in [-0.2, -0.15) is 5.26 Å². The molecule has 1 saturated heterocycles. The van der Waals surface area contributed by atoms with Gasteiger partial charge in [-0.25, -0.2) is 4.79 Å². The van der Waals surface area contributed by atoms with Gasteiger partial charge in [0.25, 0.3) is 5.91 Å². The lowest BCUT2D eigenvalue weighted by molar-refractivity contribution is -0.149. The average molecular weight is 329 g/mol. The van der Waals surface area contributed by atoms with Crippen molar-refractivity contribution in [2.75, 3.05) is 13.2 Å². The van der Waals surface area contributed by atoms with Crippen molar-refractivity contribution in [1.82, 2.24) is 10.2 Å². The molecule has 1 spiro atoms. The van der Waals surface area contributed by atoms with E-state index in [0.717, 1.165) is 4.90 Å². The number of nitriles is 1. The lowest BCUT2D eigenvalue weighted by Crippen LogP contribution is -2.47. The Labute approximate surface area is 137 Å². The zero-order valence-corrected chi connectivity index (χ0v) is 12.9. The van der Waals surface area contributed by atoms with Crippen LogP contribution in [0.4, 0.5) is 4.79 Å². The molecule has 2 heterocycles. The van der Waals surface area contributed by atoms with Crippen LogP contribution in [0.25, 0.3) is 0 Å². The lowest BCUT2D eigenvalue weighted by Gasteiger charge is -2.33. The molecule has 0 unspecified atom stereocenters. The first-order valence-corrected chi connectivity index (χ1v) is 7.43. The van der Waals surface area contributed by atoms with Crippen molar-refractivity contribution in [2.24, 2.45) is 0 Å². The number of carbonyl (C=O) groups excluding carboxylic acids is 3. The molecule has 3 rings (SSSR count). The molecule has 0 saturated carbocycles. The van der Waals surface area contributed by atoms with Crippen molar-refractivity contribution < 1.29 is 23.9 Å². The van der Waals surface area contributed by atoms with Crippen molar-refractivity contribution >= 4 is 17.9 Å². The van der Waals surface area contributed by atoms with Gasteiger partial charge in [0, 0.05) is 12.0 Å². The van der Waals surface area contributed by atoms with Gasteiger partial charge in [-0.05, 0) is 13.0 Å². The maximum absolute atomic E-state index is 12.9. The van der Waals surface area contributed by atoms with Crippen LogP contribution in [0.1, 0.15) is 18.9 Å². The quantitative estimate of drug-likeness (QED) is 0.645. The Morgan fingerprint density at radius 3 is 3.00 bits per heavy atom. The van der Waals surface area contributed by atoms with Crippen molar-refractivity contribution in [3.05, 3.63) is 29.8 Å². The second-order valence-corrected chi connectivity index (χ2v) is 5.58. The molecule has 24 heavy (non-hydrogen) atoms. The van der Waals surface area contributed by atoms with Crippen LogP contribution in [0, 0.1) is 11.3 Å². The van der Waals surface area contributed by atoms with Gasteiger partial charge < -0.3 is 14.8 Å². The smallest absolute Gasteiger partial charge is 0.327 e. The second kappa shape index (κ2) is 5.85. The Balaban J connectivity index is 1.85. The fourth-order valence-corrected chi connectivity index (χ4v) is 2.91. The van der Waals surface area contributed by atoms with Gasteiger partial charge in [0.1, 0.15) is 18.4 Å². The number of urea groups is 1. The van der Waals surface area contributed by atoms with E-state index in [0.29, 0.717) is 11.3 Å². The third kappa shape index (κ3) is 2.44. The van der Waals surface area contributed by atoms with Crippen molar-refractivity contribution in [2.45, 2.75) is 25.0 Å². The molecular weight excluding hydrogens is 314 g/mol. The highest BCUT2D eigenvalue weighted by Crippen LogP contribution is 2.40. The first kappa shape index (κ1) is 15.8. The number of carbonyl (C=O) groups is 3. The van der Waals surface area contributed by atoms with Gasteiger partial charge >= 0.3 is 12.0 Å². The third-order valence-corrected chi connectivity index (χ3v) is 4.03. The number of imide groups is 1. The zero-order chi connectivity index (χ0) is 17.3. The zero-order valence-electron chi connectivity index (χ0n) is 12.9. The molecule has 2 aliphatic heterocycles. The minimum atomic E-state index is -1.23. The summed E-state index contributed by atoms with van der Waals surface area (Å²) < 4.78 is 10.3. The molecule has 124 valence electrons. The van der Waals surface area contributed by atoms with Crippen molar-refractivity contribution in [1.29, 1.82) is 5.26 Å². The Morgan fingerprint density at radius 1 is 1.50 bits per heavy atom. The van der Waals surface area contributed by atoms with Gasteiger partial charge in [-0.15, -0.1) is 0 Å². The maximum atomic E-state index is 12.9. The summed E-state index contributed by atoms with van der Waals surface area (Å²) >= 11 is 0. The molecule has 0 radical (unpaired) electrons. The molecule has 0 aromatic heterocycles. The highest BCUT2D eigenvalue weighted by molar-refractivity contribution is 6.09. The number of ether oxygens (including phenoxy) is 2. The molecule has 8 heteroatoms. The van der Waals surface area contributed by atoms with E-state index in [2.05, 4.69) is 5.32 Å². The molecule has 3 amide bonds. The fraction of sp³-hybridized carbons (Fsp3) is 0.375. The summed E-state index contributed by atoms with van der Waals surface area (Å²) in [5.41, 5.74) is -0.664.